The van der Waals surface area contributed by atoms with Gasteiger partial charge >= 0.3 is 0 Å². The molecule has 132 valence electrons. The lowest BCUT2D eigenvalue weighted by molar-refractivity contribution is 0.0678. The van der Waals surface area contributed by atoms with Crippen LogP contribution >= 0.6 is 27.3 Å². The fraction of sp³-hybridized carbons (Fsp3) is 0.421. The summed E-state index contributed by atoms with van der Waals surface area (Å²) in [4.78, 5) is 11.4. The predicted molar refractivity (Wildman–Crippen MR) is 105 cm³/mol. The van der Waals surface area contributed by atoms with Crippen molar-refractivity contribution in [3.8, 4) is 0 Å². The molecule has 0 bridgehead atoms. The molecule has 1 aromatic carbocycles. The van der Waals surface area contributed by atoms with Crippen LogP contribution < -0.4 is 0 Å². The smallest absolute Gasteiger partial charge is 0.159 e. The molecule has 0 spiro atoms. The maximum atomic E-state index is 14.5. The van der Waals surface area contributed by atoms with Crippen LogP contribution in [-0.4, -0.2) is 33.1 Å². The Morgan fingerprint density at radius 1 is 1.40 bits per heavy atom. The van der Waals surface area contributed by atoms with Gasteiger partial charge in [-0.3, -0.25) is 4.90 Å². The Labute approximate surface area is 159 Å². The lowest BCUT2D eigenvalue weighted by atomic mass is 9.90. The van der Waals surface area contributed by atoms with Crippen molar-refractivity contribution in [3.63, 3.8) is 0 Å². The van der Waals surface area contributed by atoms with E-state index in [2.05, 4.69) is 62.0 Å². The van der Waals surface area contributed by atoms with E-state index in [0.29, 0.717) is 6.54 Å². The van der Waals surface area contributed by atoms with Crippen molar-refractivity contribution in [1.82, 2.24) is 14.9 Å². The zero-order valence-corrected chi connectivity index (χ0v) is 16.9. The van der Waals surface area contributed by atoms with E-state index in [1.54, 1.807) is 25.2 Å². The van der Waals surface area contributed by atoms with Gasteiger partial charge < -0.3 is 4.98 Å². The highest BCUT2D eigenvalue weighted by Gasteiger charge is 2.39. The quantitative estimate of drug-likeness (QED) is 0.607. The molecule has 0 aliphatic carbocycles. The van der Waals surface area contributed by atoms with Gasteiger partial charge in [0.25, 0.3) is 0 Å². The minimum atomic E-state index is -1.25. The minimum Gasteiger partial charge on any atom is -0.357 e. The number of aromatic amines is 1. The normalized spacial score (nSPS) is 21.6. The number of alkyl halides is 1. The maximum Gasteiger partial charge on any atom is 0.159 e. The molecule has 4 rings (SSSR count). The maximum absolute atomic E-state index is 14.5. The van der Waals surface area contributed by atoms with Crippen molar-refractivity contribution in [2.75, 3.05) is 6.54 Å². The fourth-order valence-electron chi connectivity index (χ4n) is 3.88. The number of para-hydroxylation sites is 1. The highest BCUT2D eigenvalue weighted by atomic mass is 79.9. The average Bonchev–Trinajstić information content (AvgIpc) is 3.10. The number of rotatable bonds is 3. The summed E-state index contributed by atoms with van der Waals surface area (Å²) in [5.41, 5.74) is 2.43. The van der Waals surface area contributed by atoms with E-state index in [1.165, 1.54) is 16.6 Å². The minimum absolute atomic E-state index is 0.00461. The summed E-state index contributed by atoms with van der Waals surface area (Å²) >= 11 is 5.10. The molecule has 3 nitrogen and oxygen atoms in total. The molecule has 0 radical (unpaired) electrons. The van der Waals surface area contributed by atoms with E-state index in [0.717, 1.165) is 20.7 Å². The molecule has 0 amide bonds. The van der Waals surface area contributed by atoms with Gasteiger partial charge in [0.05, 0.1) is 6.04 Å². The highest BCUT2D eigenvalue weighted by Crippen LogP contribution is 2.43. The summed E-state index contributed by atoms with van der Waals surface area (Å²) in [7, 11) is 0. The third-order valence-corrected chi connectivity index (χ3v) is 6.37. The van der Waals surface area contributed by atoms with Crippen molar-refractivity contribution < 1.29 is 4.39 Å². The van der Waals surface area contributed by atoms with Gasteiger partial charge in [-0.1, -0.05) is 18.2 Å². The second-order valence-corrected chi connectivity index (χ2v) is 9.76. The summed E-state index contributed by atoms with van der Waals surface area (Å²) in [6.07, 6.45) is 2.83. The van der Waals surface area contributed by atoms with E-state index in [-0.39, 0.29) is 12.1 Å². The number of hydrogen-bond donors (Lipinski definition) is 1. The molecule has 3 aromatic rings. The van der Waals surface area contributed by atoms with Gasteiger partial charge in [-0.15, -0.1) is 11.3 Å². The Kier molecular flexibility index (Phi) is 4.25. The molecule has 0 saturated heterocycles. The molecule has 0 unspecified atom stereocenters. The van der Waals surface area contributed by atoms with Crippen molar-refractivity contribution in [1.29, 1.82) is 0 Å². The number of nitrogens with one attached hydrogen (secondary N) is 1. The van der Waals surface area contributed by atoms with E-state index >= 15 is 0 Å². The van der Waals surface area contributed by atoms with E-state index in [4.69, 9.17) is 0 Å². The third-order valence-electron chi connectivity index (χ3n) is 4.84. The Morgan fingerprint density at radius 3 is 2.84 bits per heavy atom. The summed E-state index contributed by atoms with van der Waals surface area (Å²) in [5, 5.41) is 1.28. The molecule has 25 heavy (non-hydrogen) atoms. The van der Waals surface area contributed by atoms with Crippen LogP contribution in [0.25, 0.3) is 10.9 Å². The summed E-state index contributed by atoms with van der Waals surface area (Å²) < 4.78 is 15.4. The summed E-state index contributed by atoms with van der Waals surface area (Å²) in [6, 6.07) is 8.68. The van der Waals surface area contributed by atoms with Gasteiger partial charge in [0.2, 0.25) is 0 Å². The van der Waals surface area contributed by atoms with Crippen molar-refractivity contribution >= 4 is 38.2 Å². The number of hydrogen-bond acceptors (Lipinski definition) is 3. The predicted octanol–water partition coefficient (Wildman–Crippen LogP) is 5.47. The van der Waals surface area contributed by atoms with Crippen LogP contribution in [-0.2, 0) is 6.42 Å². The molecule has 2 aromatic heterocycles. The second kappa shape index (κ2) is 6.18. The number of aromatic nitrogens is 2. The number of nitrogens with zero attached hydrogens (tertiary/aromatic N) is 2. The second-order valence-electron chi connectivity index (χ2n) is 7.43. The number of fused-ring (bicyclic) bond motifs is 3. The number of benzene rings is 1. The molecular weight excluding hydrogens is 401 g/mol. The van der Waals surface area contributed by atoms with Crippen LogP contribution in [0.5, 0.6) is 0 Å². The van der Waals surface area contributed by atoms with E-state index in [9.17, 15) is 4.39 Å². The first-order valence-corrected chi connectivity index (χ1v) is 10.1. The molecule has 0 fully saturated rings. The molecule has 3 heterocycles. The monoisotopic (exact) mass is 421 g/mol. The van der Waals surface area contributed by atoms with Gasteiger partial charge in [0, 0.05) is 40.3 Å². The molecule has 2 atom stereocenters. The molecular formula is C19H21BrFN3S. The molecule has 1 aliphatic heterocycles. The molecule has 6 heteroatoms. The number of H-pyrrole nitrogens is 1. The first-order chi connectivity index (χ1) is 11.8. The fourth-order valence-corrected chi connectivity index (χ4v) is 5.32. The Bertz CT molecular complexity index is 911. The zero-order chi connectivity index (χ0) is 17.8. The van der Waals surface area contributed by atoms with Gasteiger partial charge in [-0.2, -0.15) is 0 Å². The lowest BCUT2D eigenvalue weighted by Crippen LogP contribution is -2.47. The zero-order valence-electron chi connectivity index (χ0n) is 14.5. The van der Waals surface area contributed by atoms with Crippen molar-refractivity contribution in [3.05, 3.63) is 50.5 Å². The molecule has 1 aliphatic rings. The van der Waals surface area contributed by atoms with E-state index < -0.39 is 5.67 Å². The standard InChI is InChI=1S/C19H21BrFN3S/c1-11-8-13-12-6-4-5-7-14(12)23-16(13)17(15-9-22-18(20)25-15)24(11)10-19(2,3)21/h4-7,9,11,17,23H,8,10H2,1-3H3/t11-,17-/m1/s1. The number of thiazole rings is 1. The first kappa shape index (κ1) is 17.2. The third kappa shape index (κ3) is 3.15. The van der Waals surface area contributed by atoms with E-state index in [1.807, 2.05) is 6.20 Å². The van der Waals surface area contributed by atoms with Gasteiger partial charge in [-0.25, -0.2) is 9.37 Å². The van der Waals surface area contributed by atoms with Crippen LogP contribution in [0.1, 0.15) is 42.9 Å². The average molecular weight is 422 g/mol. The van der Waals surface area contributed by atoms with Gasteiger partial charge in [-0.05, 0) is 54.8 Å². The molecule has 1 N–H and O–H groups in total. The Hall–Kier alpha value is -1.24. The van der Waals surface area contributed by atoms with Gasteiger partial charge in [0.15, 0.2) is 3.92 Å². The number of halogens is 2. The summed E-state index contributed by atoms with van der Waals surface area (Å²) in [6.45, 7) is 5.89. The van der Waals surface area contributed by atoms with Gasteiger partial charge in [0.1, 0.15) is 5.67 Å². The molecule has 0 saturated carbocycles. The topological polar surface area (TPSA) is 31.9 Å². The van der Waals surface area contributed by atoms with Crippen LogP contribution in [0.15, 0.2) is 34.4 Å². The largest absolute Gasteiger partial charge is 0.357 e. The lowest BCUT2D eigenvalue weighted by Gasteiger charge is -2.42. The first-order valence-electron chi connectivity index (χ1n) is 8.49. The van der Waals surface area contributed by atoms with Crippen molar-refractivity contribution in [2.24, 2.45) is 0 Å². The van der Waals surface area contributed by atoms with Crippen LogP contribution in [0.3, 0.4) is 0 Å². The summed E-state index contributed by atoms with van der Waals surface area (Å²) in [5.74, 6) is 0. The van der Waals surface area contributed by atoms with Crippen LogP contribution in [0, 0.1) is 0 Å². The highest BCUT2D eigenvalue weighted by molar-refractivity contribution is 9.11. The van der Waals surface area contributed by atoms with Crippen LogP contribution in [0.4, 0.5) is 4.39 Å². The van der Waals surface area contributed by atoms with Crippen molar-refractivity contribution in [2.45, 2.75) is 44.9 Å². The Morgan fingerprint density at radius 2 is 2.16 bits per heavy atom. The van der Waals surface area contributed by atoms with Crippen LogP contribution in [0.2, 0.25) is 0 Å². The SMILES string of the molecule is C[C@@H]1Cc2c([nH]c3ccccc23)[C@@H](c2cnc(Br)s2)N1CC(C)(C)F. The Balaban J connectivity index is 1.90.